The Morgan fingerprint density at radius 1 is 1.35 bits per heavy atom. The van der Waals surface area contributed by atoms with E-state index in [0.717, 1.165) is 6.42 Å². The number of hydrogen-bond acceptors (Lipinski definition) is 2. The van der Waals surface area contributed by atoms with Gasteiger partial charge < -0.3 is 5.32 Å². The molecule has 0 saturated carbocycles. The highest BCUT2D eigenvalue weighted by Crippen LogP contribution is 2.10. The summed E-state index contributed by atoms with van der Waals surface area (Å²) < 4.78 is 0. The van der Waals surface area contributed by atoms with Gasteiger partial charge in [0.2, 0.25) is 0 Å². The molecule has 0 aromatic heterocycles. The first kappa shape index (κ1) is 13.2. The lowest BCUT2D eigenvalue weighted by molar-refractivity contribution is 0.0923. The summed E-state index contributed by atoms with van der Waals surface area (Å²) in [6.45, 7) is 5.67. The third kappa shape index (κ3) is 3.32. The summed E-state index contributed by atoms with van der Waals surface area (Å²) in [6.07, 6.45) is 1.54. The van der Waals surface area contributed by atoms with Crippen molar-refractivity contribution >= 4 is 5.91 Å². The van der Waals surface area contributed by atoms with Crippen molar-refractivity contribution in [3.05, 3.63) is 35.4 Å². The molecule has 0 fully saturated rings. The number of nitriles is 1. The van der Waals surface area contributed by atoms with E-state index in [-0.39, 0.29) is 5.91 Å². The quantitative estimate of drug-likeness (QED) is 0.864. The smallest absolute Gasteiger partial charge is 0.252 e. The second-order valence-corrected chi connectivity index (χ2v) is 4.30. The highest BCUT2D eigenvalue weighted by Gasteiger charge is 2.23. The molecule has 17 heavy (non-hydrogen) atoms. The Hall–Kier alpha value is -1.82. The molecule has 90 valence electrons. The van der Waals surface area contributed by atoms with Gasteiger partial charge in [0.1, 0.15) is 5.54 Å². The van der Waals surface area contributed by atoms with E-state index in [4.69, 9.17) is 5.26 Å². The minimum Gasteiger partial charge on any atom is -0.334 e. The van der Waals surface area contributed by atoms with Crippen LogP contribution < -0.4 is 5.32 Å². The maximum Gasteiger partial charge on any atom is 0.252 e. The van der Waals surface area contributed by atoms with Gasteiger partial charge in [-0.1, -0.05) is 26.0 Å². The van der Waals surface area contributed by atoms with Crippen LogP contribution in [-0.4, -0.2) is 11.4 Å². The Kier molecular flexibility index (Phi) is 4.28. The summed E-state index contributed by atoms with van der Waals surface area (Å²) in [5.41, 5.74) is 0.998. The molecule has 0 aliphatic rings. The minimum atomic E-state index is -0.791. The molecule has 0 spiro atoms. The summed E-state index contributed by atoms with van der Waals surface area (Å²) in [7, 11) is 0. The Labute approximate surface area is 102 Å². The van der Waals surface area contributed by atoms with E-state index < -0.39 is 5.54 Å². The second kappa shape index (κ2) is 5.49. The van der Waals surface area contributed by atoms with Crippen LogP contribution in [0.3, 0.4) is 0 Å². The van der Waals surface area contributed by atoms with Gasteiger partial charge in [-0.05, 0) is 37.5 Å². The minimum absolute atomic E-state index is 0.196. The number of carbonyl (C=O) groups is 1. The van der Waals surface area contributed by atoms with Crippen LogP contribution in [0, 0.1) is 11.3 Å². The number of nitrogens with one attached hydrogen (secondary N) is 1. The van der Waals surface area contributed by atoms with Crippen LogP contribution in [0.4, 0.5) is 0 Å². The first-order valence-electron chi connectivity index (χ1n) is 5.87. The van der Waals surface area contributed by atoms with E-state index in [1.54, 1.807) is 19.1 Å². The second-order valence-electron chi connectivity index (χ2n) is 4.30. The van der Waals surface area contributed by atoms with Gasteiger partial charge in [0, 0.05) is 5.56 Å². The Balaban J connectivity index is 2.80. The molecule has 1 unspecified atom stereocenters. The van der Waals surface area contributed by atoms with Gasteiger partial charge in [-0.15, -0.1) is 0 Å². The summed E-state index contributed by atoms with van der Waals surface area (Å²) in [4.78, 5) is 11.9. The largest absolute Gasteiger partial charge is 0.334 e. The van der Waals surface area contributed by atoms with Gasteiger partial charge in [0.05, 0.1) is 6.07 Å². The van der Waals surface area contributed by atoms with E-state index in [9.17, 15) is 4.79 Å². The molecule has 0 aliphatic heterocycles. The summed E-state index contributed by atoms with van der Waals surface area (Å²) in [5.74, 6) is -0.196. The van der Waals surface area contributed by atoms with Crippen LogP contribution in [0.2, 0.25) is 0 Å². The highest BCUT2D eigenvalue weighted by atomic mass is 16.1. The maximum atomic E-state index is 11.9. The van der Waals surface area contributed by atoms with E-state index in [0.29, 0.717) is 12.0 Å². The zero-order valence-corrected chi connectivity index (χ0v) is 10.6. The first-order valence-corrected chi connectivity index (χ1v) is 5.87. The van der Waals surface area contributed by atoms with Crippen molar-refractivity contribution in [2.75, 3.05) is 0 Å². The van der Waals surface area contributed by atoms with Crippen molar-refractivity contribution in [3.8, 4) is 6.07 Å². The average Bonchev–Trinajstić information content (AvgIpc) is 2.38. The topological polar surface area (TPSA) is 52.9 Å². The lowest BCUT2D eigenvalue weighted by Crippen LogP contribution is -2.44. The van der Waals surface area contributed by atoms with Crippen molar-refractivity contribution in [1.29, 1.82) is 5.26 Å². The van der Waals surface area contributed by atoms with E-state index in [2.05, 4.69) is 18.3 Å². The molecule has 0 saturated heterocycles. The third-order valence-electron chi connectivity index (χ3n) is 2.97. The fourth-order valence-corrected chi connectivity index (χ4v) is 1.41. The molecular weight excluding hydrogens is 212 g/mol. The third-order valence-corrected chi connectivity index (χ3v) is 2.97. The van der Waals surface area contributed by atoms with Crippen molar-refractivity contribution in [1.82, 2.24) is 5.32 Å². The molecule has 0 radical (unpaired) electrons. The zero-order valence-electron chi connectivity index (χ0n) is 10.6. The van der Waals surface area contributed by atoms with Crippen LogP contribution in [0.25, 0.3) is 0 Å². The van der Waals surface area contributed by atoms with Crippen LogP contribution in [0.1, 0.15) is 43.1 Å². The van der Waals surface area contributed by atoms with E-state index >= 15 is 0 Å². The lowest BCUT2D eigenvalue weighted by Gasteiger charge is -2.21. The van der Waals surface area contributed by atoms with Crippen molar-refractivity contribution in [2.45, 2.75) is 39.2 Å². The van der Waals surface area contributed by atoms with Gasteiger partial charge in [-0.2, -0.15) is 5.26 Å². The van der Waals surface area contributed by atoms with Crippen molar-refractivity contribution < 1.29 is 4.79 Å². The molecular formula is C14H18N2O. The fraction of sp³-hybridized carbons (Fsp3) is 0.429. The number of rotatable bonds is 4. The predicted octanol–water partition coefficient (Wildman–Crippen LogP) is 2.67. The number of hydrogen-bond donors (Lipinski definition) is 1. The maximum absolute atomic E-state index is 11.9. The molecule has 3 heteroatoms. The number of carbonyl (C=O) groups excluding carboxylic acids is 1. The number of aryl methyl sites for hydroxylation is 1. The first-order chi connectivity index (χ1) is 8.04. The lowest BCUT2D eigenvalue weighted by atomic mass is 10.0. The Morgan fingerprint density at radius 3 is 2.35 bits per heavy atom. The molecule has 0 bridgehead atoms. The standard InChI is InChI=1S/C14H18N2O/c1-4-11-6-8-12(9-7-11)13(17)16-14(3,5-2)10-15/h6-9H,4-5H2,1-3H3,(H,16,17). The molecule has 1 amide bonds. The summed E-state index contributed by atoms with van der Waals surface area (Å²) in [6, 6.07) is 9.58. The number of nitrogens with zero attached hydrogens (tertiary/aromatic N) is 1. The highest BCUT2D eigenvalue weighted by molar-refractivity contribution is 5.94. The van der Waals surface area contributed by atoms with Crippen molar-refractivity contribution in [3.63, 3.8) is 0 Å². The summed E-state index contributed by atoms with van der Waals surface area (Å²) >= 11 is 0. The predicted molar refractivity (Wildman–Crippen MR) is 67.6 cm³/mol. The van der Waals surface area contributed by atoms with Gasteiger partial charge in [0.25, 0.3) is 5.91 Å². The van der Waals surface area contributed by atoms with E-state index in [1.807, 2.05) is 19.1 Å². The molecule has 1 atom stereocenters. The van der Waals surface area contributed by atoms with Crippen molar-refractivity contribution in [2.24, 2.45) is 0 Å². The van der Waals surface area contributed by atoms with Crippen LogP contribution in [0.15, 0.2) is 24.3 Å². The van der Waals surface area contributed by atoms with Crippen LogP contribution >= 0.6 is 0 Å². The normalized spacial score (nSPS) is 13.5. The molecule has 0 heterocycles. The van der Waals surface area contributed by atoms with Gasteiger partial charge in [0.15, 0.2) is 0 Å². The van der Waals surface area contributed by atoms with Gasteiger partial charge >= 0.3 is 0 Å². The molecule has 1 rings (SSSR count). The zero-order chi connectivity index (χ0) is 12.9. The molecule has 0 aliphatic carbocycles. The molecule has 1 aromatic rings. The van der Waals surface area contributed by atoms with Crippen LogP contribution in [0.5, 0.6) is 0 Å². The van der Waals surface area contributed by atoms with Gasteiger partial charge in [-0.25, -0.2) is 0 Å². The number of benzene rings is 1. The van der Waals surface area contributed by atoms with E-state index in [1.165, 1.54) is 5.56 Å². The summed E-state index contributed by atoms with van der Waals surface area (Å²) in [5, 5.41) is 11.7. The average molecular weight is 230 g/mol. The Bertz CT molecular complexity index is 431. The molecule has 1 aromatic carbocycles. The fourth-order valence-electron chi connectivity index (χ4n) is 1.41. The number of amides is 1. The SMILES string of the molecule is CCc1ccc(C(=O)NC(C)(C#N)CC)cc1. The monoisotopic (exact) mass is 230 g/mol. The molecule has 1 N–H and O–H groups in total. The molecule has 3 nitrogen and oxygen atoms in total. The van der Waals surface area contributed by atoms with Gasteiger partial charge in [-0.3, -0.25) is 4.79 Å². The van der Waals surface area contributed by atoms with Crippen LogP contribution in [-0.2, 0) is 6.42 Å². The Morgan fingerprint density at radius 2 is 1.94 bits per heavy atom.